The molecule has 1 aromatic heterocycles. The Balaban J connectivity index is 1.46. The summed E-state index contributed by atoms with van der Waals surface area (Å²) in [6.07, 6.45) is -0.306. The Hall–Kier alpha value is -3.40. The van der Waals surface area contributed by atoms with E-state index in [9.17, 15) is 27.1 Å². The van der Waals surface area contributed by atoms with Gasteiger partial charge < -0.3 is 20.2 Å². The minimum atomic E-state index is -4.02. The van der Waals surface area contributed by atoms with Crippen molar-refractivity contribution in [2.45, 2.75) is 36.9 Å². The van der Waals surface area contributed by atoms with Crippen LogP contribution < -0.4 is 15.4 Å². The van der Waals surface area contributed by atoms with Crippen molar-refractivity contribution in [1.29, 1.82) is 0 Å². The number of aliphatic hydroxyl groups excluding tert-OH is 1. The number of carbonyl (C=O) groups excluding carboxylic acids is 1. The lowest BCUT2D eigenvalue weighted by molar-refractivity contribution is 0.0825. The zero-order chi connectivity index (χ0) is 29.6. The quantitative estimate of drug-likeness (QED) is 0.164. The SMILES string of the molecule is Cc1ccc(S(=O)(=O)Nc2nc(C(=O)N[C@@H](Cc3cc(F)cc(F)c3)[C@@H](O)CNCc3cccc(I)c3)co2)cc1. The summed E-state index contributed by atoms with van der Waals surface area (Å²) in [5, 5.41) is 16.7. The Labute approximate surface area is 249 Å². The fourth-order valence-corrected chi connectivity index (χ4v) is 5.52. The molecule has 0 saturated heterocycles. The fraction of sp³-hybridized carbons (Fsp3) is 0.214. The van der Waals surface area contributed by atoms with E-state index in [1.807, 2.05) is 31.2 Å². The monoisotopic (exact) mass is 696 g/mol. The van der Waals surface area contributed by atoms with E-state index in [1.54, 1.807) is 12.1 Å². The van der Waals surface area contributed by atoms with Gasteiger partial charge in [0.1, 0.15) is 17.9 Å². The second kappa shape index (κ2) is 13.5. The summed E-state index contributed by atoms with van der Waals surface area (Å²) in [6.45, 7) is 2.31. The number of carbonyl (C=O) groups is 1. The fourth-order valence-electron chi connectivity index (χ4n) is 3.98. The van der Waals surface area contributed by atoms with Gasteiger partial charge in [0, 0.05) is 22.7 Å². The summed E-state index contributed by atoms with van der Waals surface area (Å²) in [4.78, 5) is 16.9. The Morgan fingerprint density at radius 2 is 1.76 bits per heavy atom. The van der Waals surface area contributed by atoms with E-state index in [0.717, 1.165) is 39.2 Å². The normalized spacial score (nSPS) is 13.0. The van der Waals surface area contributed by atoms with Crippen molar-refractivity contribution in [3.8, 4) is 0 Å². The first-order valence-electron chi connectivity index (χ1n) is 12.4. The van der Waals surface area contributed by atoms with Gasteiger partial charge in [-0.15, -0.1) is 0 Å². The molecule has 0 radical (unpaired) electrons. The molecule has 3 aromatic carbocycles. The van der Waals surface area contributed by atoms with Gasteiger partial charge in [0.2, 0.25) is 0 Å². The van der Waals surface area contributed by atoms with Crippen LogP contribution in [0.3, 0.4) is 0 Å². The van der Waals surface area contributed by atoms with Gasteiger partial charge in [-0.3, -0.25) is 4.79 Å². The number of rotatable bonds is 12. The molecule has 0 aliphatic carbocycles. The number of oxazole rings is 1. The van der Waals surface area contributed by atoms with Gasteiger partial charge in [0.05, 0.1) is 17.0 Å². The lowest BCUT2D eigenvalue weighted by Crippen LogP contribution is -2.48. The van der Waals surface area contributed by atoms with Crippen molar-refractivity contribution in [3.05, 3.63) is 111 Å². The van der Waals surface area contributed by atoms with Crippen LogP contribution >= 0.6 is 22.6 Å². The van der Waals surface area contributed by atoms with Gasteiger partial charge in [-0.1, -0.05) is 29.8 Å². The maximum Gasteiger partial charge on any atom is 0.309 e. The van der Waals surface area contributed by atoms with E-state index < -0.39 is 45.7 Å². The van der Waals surface area contributed by atoms with Crippen LogP contribution in [0.25, 0.3) is 0 Å². The number of sulfonamides is 1. The molecular formula is C28H27F2IN4O5S. The van der Waals surface area contributed by atoms with Crippen LogP contribution in [0, 0.1) is 22.1 Å². The molecule has 0 saturated carbocycles. The lowest BCUT2D eigenvalue weighted by Gasteiger charge is -2.24. The van der Waals surface area contributed by atoms with Gasteiger partial charge in [-0.2, -0.15) is 4.98 Å². The highest BCUT2D eigenvalue weighted by atomic mass is 127. The third kappa shape index (κ3) is 8.79. The molecule has 13 heteroatoms. The van der Waals surface area contributed by atoms with Crippen molar-refractivity contribution >= 4 is 44.5 Å². The van der Waals surface area contributed by atoms with Crippen LogP contribution in [-0.2, 0) is 23.0 Å². The second-order valence-electron chi connectivity index (χ2n) is 9.35. The largest absolute Gasteiger partial charge is 0.431 e. The third-order valence-corrected chi connectivity index (χ3v) is 8.03. The number of aliphatic hydroxyl groups is 1. The molecule has 0 unspecified atom stereocenters. The number of anilines is 1. The van der Waals surface area contributed by atoms with Crippen molar-refractivity contribution in [1.82, 2.24) is 15.6 Å². The van der Waals surface area contributed by atoms with E-state index in [1.165, 1.54) is 12.1 Å². The highest BCUT2D eigenvalue weighted by Crippen LogP contribution is 2.17. The number of aromatic nitrogens is 1. The van der Waals surface area contributed by atoms with E-state index in [4.69, 9.17) is 4.42 Å². The Kier molecular flexibility index (Phi) is 10.1. The molecule has 0 aliphatic heterocycles. The van der Waals surface area contributed by atoms with Gasteiger partial charge >= 0.3 is 6.01 Å². The predicted octanol–water partition coefficient (Wildman–Crippen LogP) is 4.16. The first-order valence-corrected chi connectivity index (χ1v) is 15.0. The molecule has 4 rings (SSSR count). The number of nitrogens with zero attached hydrogens (tertiary/aromatic N) is 1. The lowest BCUT2D eigenvalue weighted by atomic mass is 10.0. The van der Waals surface area contributed by atoms with E-state index in [0.29, 0.717) is 6.54 Å². The van der Waals surface area contributed by atoms with Gasteiger partial charge in [-0.25, -0.2) is 21.9 Å². The van der Waals surface area contributed by atoms with Crippen LogP contribution in [0.15, 0.2) is 82.3 Å². The van der Waals surface area contributed by atoms with E-state index in [2.05, 4.69) is 42.9 Å². The Morgan fingerprint density at radius 3 is 2.44 bits per heavy atom. The first-order chi connectivity index (χ1) is 19.5. The summed E-state index contributed by atoms with van der Waals surface area (Å²) in [5.41, 5.74) is 1.82. The first kappa shape index (κ1) is 30.6. The van der Waals surface area contributed by atoms with Crippen LogP contribution in [0.2, 0.25) is 0 Å². The molecule has 4 aromatic rings. The summed E-state index contributed by atoms with van der Waals surface area (Å²) < 4.78 is 61.3. The van der Waals surface area contributed by atoms with Crippen molar-refractivity contribution in [2.24, 2.45) is 0 Å². The highest BCUT2D eigenvalue weighted by molar-refractivity contribution is 14.1. The van der Waals surface area contributed by atoms with Gasteiger partial charge in [0.25, 0.3) is 15.9 Å². The predicted molar refractivity (Wildman–Crippen MR) is 157 cm³/mol. The number of hydrogen-bond donors (Lipinski definition) is 4. The van der Waals surface area contributed by atoms with Gasteiger partial charge in [0.15, 0.2) is 5.69 Å². The standard InChI is InChI=1S/C28H27F2IN4O5S/c1-17-5-7-23(8-6-17)41(38,39)35-28-34-25(16-40-28)27(37)33-24(12-19-9-20(29)13-21(30)10-19)26(36)15-32-14-18-3-2-4-22(31)11-18/h2-11,13,16,24,26,32,36H,12,14-15H2,1H3,(H,33,37)(H,34,35)/t24-,26-/m0/s1. The van der Waals surface area contributed by atoms with Crippen LogP contribution in [0.4, 0.5) is 14.8 Å². The number of benzene rings is 3. The molecule has 4 N–H and O–H groups in total. The molecule has 0 bridgehead atoms. The summed E-state index contributed by atoms with van der Waals surface area (Å²) in [5.74, 6) is -2.37. The number of nitrogens with one attached hydrogen (secondary N) is 3. The zero-order valence-electron chi connectivity index (χ0n) is 21.8. The second-order valence-corrected chi connectivity index (χ2v) is 12.3. The molecule has 0 spiro atoms. The summed E-state index contributed by atoms with van der Waals surface area (Å²) in [7, 11) is -4.02. The molecule has 1 heterocycles. The molecular weight excluding hydrogens is 669 g/mol. The highest BCUT2D eigenvalue weighted by Gasteiger charge is 2.25. The molecule has 2 atom stereocenters. The molecule has 41 heavy (non-hydrogen) atoms. The topological polar surface area (TPSA) is 134 Å². The minimum Gasteiger partial charge on any atom is -0.431 e. The molecule has 0 fully saturated rings. The molecule has 1 amide bonds. The average molecular weight is 697 g/mol. The molecule has 0 aliphatic rings. The minimum absolute atomic E-state index is 0.0180. The number of aryl methyl sites for hydroxylation is 1. The van der Waals surface area contributed by atoms with Gasteiger partial charge in [-0.05, 0) is 83.5 Å². The number of hydrogen-bond acceptors (Lipinski definition) is 7. The Bertz CT molecular complexity index is 1600. The van der Waals surface area contributed by atoms with Crippen molar-refractivity contribution < 1.29 is 31.5 Å². The molecule has 9 nitrogen and oxygen atoms in total. The van der Waals surface area contributed by atoms with Crippen molar-refractivity contribution in [2.75, 3.05) is 11.3 Å². The van der Waals surface area contributed by atoms with E-state index in [-0.39, 0.29) is 29.1 Å². The van der Waals surface area contributed by atoms with Crippen molar-refractivity contribution in [3.63, 3.8) is 0 Å². The summed E-state index contributed by atoms with van der Waals surface area (Å²) >= 11 is 2.19. The summed E-state index contributed by atoms with van der Waals surface area (Å²) in [6, 6.07) is 15.4. The maximum atomic E-state index is 13.8. The Morgan fingerprint density at radius 1 is 1.05 bits per heavy atom. The van der Waals surface area contributed by atoms with E-state index >= 15 is 0 Å². The maximum absolute atomic E-state index is 13.8. The average Bonchev–Trinajstić information content (AvgIpc) is 3.36. The molecule has 216 valence electrons. The number of halogens is 3. The van der Waals surface area contributed by atoms with Crippen LogP contribution in [0.1, 0.15) is 27.2 Å². The van der Waals surface area contributed by atoms with Crippen LogP contribution in [-0.4, -0.2) is 43.1 Å². The van der Waals surface area contributed by atoms with Crippen LogP contribution in [0.5, 0.6) is 0 Å². The zero-order valence-corrected chi connectivity index (χ0v) is 24.7. The smallest absolute Gasteiger partial charge is 0.309 e. The third-order valence-electron chi connectivity index (χ3n) is 6.02. The number of amides is 1.